The van der Waals surface area contributed by atoms with E-state index in [1.165, 1.54) is 23.5 Å². The smallest absolute Gasteiger partial charge is 0.294 e. The third-order valence-electron chi connectivity index (χ3n) is 6.54. The van der Waals surface area contributed by atoms with Crippen LogP contribution in [0.15, 0.2) is 41.7 Å². The summed E-state index contributed by atoms with van der Waals surface area (Å²) in [4.78, 5) is 16.2. The van der Waals surface area contributed by atoms with Gasteiger partial charge < -0.3 is 9.64 Å². The molecule has 0 unspecified atom stereocenters. The standard InChI is InChI=1S/C24H27FN6O3S2/c1-4-16-12-26-22(27-13-16)30-9-7-17(8-10-30)15(2)34-24-29-31-14-21(28-23(31)35-24)19-6-5-18(11-20(19)25)36(3,32)33/h5-6,11-15,17H,4,7-10H2,1-3H3/t15-/m0/s1. The number of nitrogens with zero attached hydrogens (tertiary/aromatic N) is 6. The van der Waals surface area contributed by atoms with Crippen LogP contribution in [0.2, 0.25) is 0 Å². The van der Waals surface area contributed by atoms with Crippen molar-refractivity contribution in [1.82, 2.24) is 24.6 Å². The van der Waals surface area contributed by atoms with Gasteiger partial charge in [-0.1, -0.05) is 6.92 Å². The minimum atomic E-state index is -3.49. The van der Waals surface area contributed by atoms with E-state index in [4.69, 9.17) is 4.74 Å². The first-order valence-electron chi connectivity index (χ1n) is 11.8. The maximum absolute atomic E-state index is 14.6. The largest absolute Gasteiger partial charge is 0.466 e. The minimum absolute atomic E-state index is 0.0214. The molecule has 0 saturated carbocycles. The van der Waals surface area contributed by atoms with E-state index in [1.54, 1.807) is 10.7 Å². The van der Waals surface area contributed by atoms with Crippen molar-refractivity contribution < 1.29 is 17.5 Å². The summed E-state index contributed by atoms with van der Waals surface area (Å²) in [7, 11) is -3.49. The summed E-state index contributed by atoms with van der Waals surface area (Å²) in [6.07, 6.45) is 9.28. The highest BCUT2D eigenvalue weighted by Gasteiger charge is 2.27. The van der Waals surface area contributed by atoms with Gasteiger partial charge in [-0.05, 0) is 67.2 Å². The van der Waals surface area contributed by atoms with Gasteiger partial charge in [-0.2, -0.15) is 0 Å². The Kier molecular flexibility index (Phi) is 6.64. The molecule has 3 aromatic heterocycles. The molecule has 0 radical (unpaired) electrons. The van der Waals surface area contributed by atoms with Gasteiger partial charge in [0.25, 0.3) is 5.19 Å². The topological polar surface area (TPSA) is 103 Å². The van der Waals surface area contributed by atoms with Gasteiger partial charge in [0.1, 0.15) is 11.9 Å². The van der Waals surface area contributed by atoms with Crippen molar-refractivity contribution in [3.8, 4) is 16.5 Å². The summed E-state index contributed by atoms with van der Waals surface area (Å²) in [5, 5.41) is 4.97. The molecule has 0 amide bonds. The first-order valence-corrected chi connectivity index (χ1v) is 14.5. The highest BCUT2D eigenvalue weighted by atomic mass is 32.2. The van der Waals surface area contributed by atoms with Gasteiger partial charge >= 0.3 is 0 Å². The van der Waals surface area contributed by atoms with E-state index in [0.717, 1.165) is 56.2 Å². The number of imidazole rings is 1. The van der Waals surface area contributed by atoms with Crippen molar-refractivity contribution in [3.05, 3.63) is 48.2 Å². The molecule has 0 bridgehead atoms. The number of aromatic nitrogens is 5. The molecule has 1 aliphatic heterocycles. The highest BCUT2D eigenvalue weighted by Crippen LogP contribution is 2.31. The molecule has 12 heteroatoms. The minimum Gasteiger partial charge on any atom is -0.466 e. The number of piperidine rings is 1. The van der Waals surface area contributed by atoms with Crippen LogP contribution in [0.5, 0.6) is 5.19 Å². The zero-order chi connectivity index (χ0) is 25.4. The number of fused-ring (bicyclic) bond motifs is 1. The van der Waals surface area contributed by atoms with Crippen molar-refractivity contribution in [3.63, 3.8) is 0 Å². The maximum Gasteiger partial charge on any atom is 0.294 e. The Bertz CT molecular complexity index is 1450. The Morgan fingerprint density at radius 3 is 2.56 bits per heavy atom. The number of anilines is 1. The van der Waals surface area contributed by atoms with Crippen LogP contribution in [0.3, 0.4) is 0 Å². The van der Waals surface area contributed by atoms with Gasteiger partial charge in [-0.25, -0.2) is 32.3 Å². The lowest BCUT2D eigenvalue weighted by Crippen LogP contribution is -2.39. The summed E-state index contributed by atoms with van der Waals surface area (Å²) in [5.41, 5.74) is 1.73. The van der Waals surface area contributed by atoms with Gasteiger partial charge in [0, 0.05) is 37.3 Å². The normalized spacial score (nSPS) is 15.9. The van der Waals surface area contributed by atoms with Crippen LogP contribution in [-0.2, 0) is 16.3 Å². The summed E-state index contributed by atoms with van der Waals surface area (Å²) >= 11 is 1.29. The van der Waals surface area contributed by atoms with Crippen molar-refractivity contribution >= 4 is 32.1 Å². The second kappa shape index (κ2) is 9.74. The lowest BCUT2D eigenvalue weighted by molar-refractivity contribution is 0.131. The van der Waals surface area contributed by atoms with Gasteiger partial charge in [-0.3, -0.25) is 0 Å². The van der Waals surface area contributed by atoms with Crippen LogP contribution in [0, 0.1) is 11.7 Å². The lowest BCUT2D eigenvalue weighted by atomic mass is 9.92. The molecule has 1 fully saturated rings. The zero-order valence-corrected chi connectivity index (χ0v) is 21.9. The molecule has 1 aromatic carbocycles. The van der Waals surface area contributed by atoms with Crippen molar-refractivity contribution in [2.45, 2.75) is 44.1 Å². The van der Waals surface area contributed by atoms with Crippen LogP contribution in [0.1, 0.15) is 32.3 Å². The molecule has 36 heavy (non-hydrogen) atoms. The van der Waals surface area contributed by atoms with Crippen molar-refractivity contribution in [1.29, 1.82) is 0 Å². The van der Waals surface area contributed by atoms with E-state index in [-0.39, 0.29) is 16.6 Å². The monoisotopic (exact) mass is 530 g/mol. The van der Waals surface area contributed by atoms with Gasteiger partial charge in [0.15, 0.2) is 9.84 Å². The maximum atomic E-state index is 14.6. The second-order valence-corrected chi connectivity index (χ2v) is 12.0. The average Bonchev–Trinajstić information content (AvgIpc) is 3.42. The number of hydrogen-bond donors (Lipinski definition) is 0. The van der Waals surface area contributed by atoms with E-state index in [2.05, 4.69) is 38.8 Å². The van der Waals surface area contributed by atoms with E-state index < -0.39 is 15.7 Å². The predicted molar refractivity (Wildman–Crippen MR) is 136 cm³/mol. The molecule has 0 aliphatic carbocycles. The van der Waals surface area contributed by atoms with Gasteiger partial charge in [0.05, 0.1) is 16.8 Å². The molecule has 5 rings (SSSR count). The number of rotatable bonds is 7. The van der Waals surface area contributed by atoms with E-state index in [1.807, 2.05) is 12.4 Å². The van der Waals surface area contributed by atoms with E-state index >= 15 is 0 Å². The molecule has 1 saturated heterocycles. The summed E-state index contributed by atoms with van der Waals surface area (Å²) in [6, 6.07) is 3.81. The molecule has 0 spiro atoms. The number of hydrogen-bond acceptors (Lipinski definition) is 9. The molecular weight excluding hydrogens is 503 g/mol. The number of sulfone groups is 1. The van der Waals surface area contributed by atoms with Crippen molar-refractivity contribution in [2.24, 2.45) is 5.92 Å². The average molecular weight is 531 g/mol. The number of halogens is 1. The predicted octanol–water partition coefficient (Wildman–Crippen LogP) is 4.04. The third-order valence-corrected chi connectivity index (χ3v) is 8.47. The molecule has 1 aliphatic rings. The summed E-state index contributed by atoms with van der Waals surface area (Å²) < 4.78 is 45.6. The van der Waals surface area contributed by atoms with Gasteiger partial charge in [-0.15, -0.1) is 5.10 Å². The fraction of sp³-hybridized carbons (Fsp3) is 0.417. The second-order valence-electron chi connectivity index (χ2n) is 9.03. The quantitative estimate of drug-likeness (QED) is 0.353. The molecular formula is C24H27FN6O3S2. The van der Waals surface area contributed by atoms with E-state index in [0.29, 0.717) is 21.8 Å². The van der Waals surface area contributed by atoms with Crippen LogP contribution in [0.4, 0.5) is 10.3 Å². The molecule has 4 heterocycles. The van der Waals surface area contributed by atoms with Crippen LogP contribution >= 0.6 is 11.3 Å². The molecule has 190 valence electrons. The Labute approximate surface area is 212 Å². The van der Waals surface area contributed by atoms with Crippen LogP contribution < -0.4 is 9.64 Å². The lowest BCUT2D eigenvalue weighted by Gasteiger charge is -2.34. The first-order chi connectivity index (χ1) is 17.2. The molecule has 4 aromatic rings. The van der Waals surface area contributed by atoms with Crippen LogP contribution in [0.25, 0.3) is 16.2 Å². The zero-order valence-electron chi connectivity index (χ0n) is 20.3. The SMILES string of the molecule is CCc1cnc(N2CCC([C@H](C)Oc3nn4cc(-c5ccc(S(C)(=O)=O)cc5F)nc4s3)CC2)nc1. The van der Waals surface area contributed by atoms with E-state index in [9.17, 15) is 12.8 Å². The summed E-state index contributed by atoms with van der Waals surface area (Å²) in [5.74, 6) is 0.510. The number of ether oxygens (including phenoxy) is 1. The Hall–Kier alpha value is -3.12. The highest BCUT2D eigenvalue weighted by molar-refractivity contribution is 7.90. The number of benzene rings is 1. The fourth-order valence-electron chi connectivity index (χ4n) is 4.31. The first kappa shape index (κ1) is 24.6. The Morgan fingerprint density at radius 2 is 1.94 bits per heavy atom. The van der Waals surface area contributed by atoms with Gasteiger partial charge in [0.2, 0.25) is 10.9 Å². The van der Waals surface area contributed by atoms with Crippen LogP contribution in [-0.4, -0.2) is 58.4 Å². The molecule has 9 nitrogen and oxygen atoms in total. The third kappa shape index (κ3) is 5.05. The Morgan fingerprint density at radius 1 is 1.22 bits per heavy atom. The Balaban J connectivity index is 1.22. The molecule has 0 N–H and O–H groups in total. The number of aryl methyl sites for hydroxylation is 1. The van der Waals surface area contributed by atoms with Crippen molar-refractivity contribution in [2.75, 3.05) is 24.2 Å². The molecule has 1 atom stereocenters. The summed E-state index contributed by atoms with van der Waals surface area (Å²) in [6.45, 7) is 5.89. The fourth-order valence-corrected chi connectivity index (χ4v) is 5.76.